The van der Waals surface area contributed by atoms with Gasteiger partial charge in [0.2, 0.25) is 0 Å². The van der Waals surface area contributed by atoms with Crippen molar-refractivity contribution in [2.75, 3.05) is 0 Å². The molecule has 0 fully saturated rings. The average molecular weight is 239 g/mol. The van der Waals surface area contributed by atoms with E-state index in [4.69, 9.17) is 0 Å². The monoisotopic (exact) mass is 237 g/mol. The molecule has 66 valence electrons. The van der Waals surface area contributed by atoms with Crippen molar-refractivity contribution < 1.29 is 33.2 Å². The average Bonchev–Trinajstić information content (AvgIpc) is 1.85. The van der Waals surface area contributed by atoms with Gasteiger partial charge in [-0.2, -0.15) is 0 Å². The fourth-order valence-electron chi connectivity index (χ4n) is 0.577. The molecule has 0 spiro atoms. The summed E-state index contributed by atoms with van der Waals surface area (Å²) >= 11 is 0. The van der Waals surface area contributed by atoms with E-state index >= 15 is 0 Å². The third-order valence-corrected chi connectivity index (χ3v) is 1.04. The Labute approximate surface area is 86.7 Å². The van der Waals surface area contributed by atoms with Crippen molar-refractivity contribution in [3.8, 4) is 0 Å². The van der Waals surface area contributed by atoms with E-state index < -0.39 is 22.2 Å². The maximum atomic E-state index is 12.4. The van der Waals surface area contributed by atoms with E-state index in [2.05, 4.69) is 0 Å². The van der Waals surface area contributed by atoms with Crippen molar-refractivity contribution in [1.29, 1.82) is 0 Å². The molecule has 13 heavy (non-hydrogen) atoms. The second-order valence-electron chi connectivity index (χ2n) is 1.76. The Bertz CT molecular complexity index is 307. The van der Waals surface area contributed by atoms with E-state index in [0.717, 1.165) is 12.1 Å². The van der Waals surface area contributed by atoms with Crippen molar-refractivity contribution in [2.45, 2.75) is 0 Å². The van der Waals surface area contributed by atoms with Gasteiger partial charge in [-0.05, 0) is 0 Å². The van der Waals surface area contributed by atoms with Gasteiger partial charge < -0.3 is 7.43 Å². The number of halogens is 2. The summed E-state index contributed by atoms with van der Waals surface area (Å²) in [5.74, 6) is -2.23. The van der Waals surface area contributed by atoms with Crippen molar-refractivity contribution in [1.82, 2.24) is 0 Å². The van der Waals surface area contributed by atoms with Gasteiger partial charge in [-0.3, -0.25) is 10.1 Å². The molecule has 0 atom stereocenters. The summed E-state index contributed by atoms with van der Waals surface area (Å²) in [6.45, 7) is 0. The summed E-state index contributed by atoms with van der Waals surface area (Å²) in [7, 11) is 0. The van der Waals surface area contributed by atoms with Gasteiger partial charge in [0.05, 0.1) is 5.82 Å². The van der Waals surface area contributed by atoms with Gasteiger partial charge in [0, 0.05) is 10.7 Å². The minimum absolute atomic E-state index is 0. The molecule has 0 saturated heterocycles. The Kier molecular flexibility index (Phi) is 6.41. The Morgan fingerprint density at radius 2 is 1.92 bits per heavy atom. The standard InChI is InChI=1S/C6H2F2NO2.CH3.Zn/c7-4-1-2-6(9(10)11)5(8)3-4;;/h1-2H;1H3;/q2*-1;+2. The predicted octanol–water partition coefficient (Wildman–Crippen LogP) is 2.12. The van der Waals surface area contributed by atoms with Gasteiger partial charge in [-0.25, -0.2) is 8.78 Å². The first-order chi connectivity index (χ1) is 5.11. The van der Waals surface area contributed by atoms with E-state index in [1.165, 1.54) is 0 Å². The third kappa shape index (κ3) is 3.55. The van der Waals surface area contributed by atoms with Gasteiger partial charge in [0.25, 0.3) is 0 Å². The van der Waals surface area contributed by atoms with E-state index in [1.54, 1.807) is 6.07 Å². The van der Waals surface area contributed by atoms with Crippen LogP contribution in [-0.2, 0) is 19.5 Å². The number of hydrogen-bond acceptors (Lipinski definition) is 2. The Balaban J connectivity index is 0. The Morgan fingerprint density at radius 1 is 1.38 bits per heavy atom. The predicted molar refractivity (Wildman–Crippen MR) is 38.3 cm³/mol. The van der Waals surface area contributed by atoms with Crippen LogP contribution in [0.3, 0.4) is 0 Å². The van der Waals surface area contributed by atoms with E-state index in [9.17, 15) is 18.9 Å². The van der Waals surface area contributed by atoms with Crippen molar-refractivity contribution in [3.05, 3.63) is 47.4 Å². The fraction of sp³-hybridized carbons (Fsp3) is 0. The smallest absolute Gasteiger partial charge is 0.358 e. The minimum Gasteiger partial charge on any atom is -0.358 e. The number of nitro groups is 1. The molecule has 0 radical (unpaired) electrons. The molecule has 0 aliphatic carbocycles. The third-order valence-electron chi connectivity index (χ3n) is 1.04. The first-order valence-electron chi connectivity index (χ1n) is 2.63. The van der Waals surface area contributed by atoms with E-state index in [-0.39, 0.29) is 26.9 Å². The normalized spacial score (nSPS) is 8.15. The van der Waals surface area contributed by atoms with Crippen molar-refractivity contribution >= 4 is 5.69 Å². The first kappa shape index (κ1) is 14.6. The summed E-state index contributed by atoms with van der Waals surface area (Å²) in [5, 5.41) is 9.96. The van der Waals surface area contributed by atoms with Crippen LogP contribution in [0.5, 0.6) is 0 Å². The molecule has 0 aliphatic heterocycles. The van der Waals surface area contributed by atoms with Crippen molar-refractivity contribution in [3.63, 3.8) is 0 Å². The van der Waals surface area contributed by atoms with Crippen LogP contribution in [-0.4, -0.2) is 4.92 Å². The van der Waals surface area contributed by atoms with Crippen LogP contribution < -0.4 is 0 Å². The first-order valence-corrected chi connectivity index (χ1v) is 2.63. The van der Waals surface area contributed by atoms with Gasteiger partial charge in [-0.1, -0.05) is 6.07 Å². The molecule has 6 heteroatoms. The molecular formula is C7H5F2NO2Zn. The van der Waals surface area contributed by atoms with Gasteiger partial charge >= 0.3 is 19.5 Å². The molecule has 0 aliphatic rings. The topological polar surface area (TPSA) is 43.1 Å². The van der Waals surface area contributed by atoms with Crippen LogP contribution in [0.4, 0.5) is 14.5 Å². The zero-order valence-electron chi connectivity index (χ0n) is 6.88. The summed E-state index contributed by atoms with van der Waals surface area (Å²) in [4.78, 5) is 9.02. The second kappa shape index (κ2) is 5.70. The summed E-state index contributed by atoms with van der Waals surface area (Å²) in [6.07, 6.45) is 0. The fourth-order valence-corrected chi connectivity index (χ4v) is 0.577. The maximum Gasteiger partial charge on any atom is 2.00 e. The molecule has 0 heterocycles. The molecule has 0 amide bonds. The molecule has 0 saturated carbocycles. The van der Waals surface area contributed by atoms with Gasteiger partial charge in [0.15, 0.2) is 5.69 Å². The minimum atomic E-state index is -1.28. The van der Waals surface area contributed by atoms with Crippen LogP contribution in [0.15, 0.2) is 12.1 Å². The quantitative estimate of drug-likeness (QED) is 0.325. The Hall–Kier alpha value is -0.897. The van der Waals surface area contributed by atoms with Gasteiger partial charge in [-0.15, -0.1) is 12.1 Å². The molecule has 3 nitrogen and oxygen atoms in total. The largest absolute Gasteiger partial charge is 2.00 e. The molecule has 1 rings (SSSR count). The summed E-state index contributed by atoms with van der Waals surface area (Å²) < 4.78 is 24.5. The molecule has 1 aromatic rings. The van der Waals surface area contributed by atoms with Crippen LogP contribution in [0.1, 0.15) is 0 Å². The number of nitrogens with zero attached hydrogens (tertiary/aromatic N) is 1. The number of hydrogen-bond donors (Lipinski definition) is 0. The number of rotatable bonds is 1. The maximum absolute atomic E-state index is 12.4. The summed E-state index contributed by atoms with van der Waals surface area (Å²) in [6, 6.07) is 3.08. The van der Waals surface area contributed by atoms with Gasteiger partial charge in [0.1, 0.15) is 0 Å². The molecule has 0 unspecified atom stereocenters. The molecule has 1 aromatic carbocycles. The zero-order valence-corrected chi connectivity index (χ0v) is 9.85. The second-order valence-corrected chi connectivity index (χ2v) is 1.76. The van der Waals surface area contributed by atoms with Crippen LogP contribution >= 0.6 is 0 Å². The number of benzene rings is 1. The van der Waals surface area contributed by atoms with Crippen LogP contribution in [0.25, 0.3) is 0 Å². The summed E-state index contributed by atoms with van der Waals surface area (Å²) in [5.41, 5.74) is -0.772. The molecule has 0 bridgehead atoms. The zero-order chi connectivity index (χ0) is 8.43. The van der Waals surface area contributed by atoms with E-state index in [1.807, 2.05) is 0 Å². The molecule has 0 aromatic heterocycles. The molecular weight excluding hydrogens is 233 g/mol. The van der Waals surface area contributed by atoms with E-state index in [0.29, 0.717) is 0 Å². The SMILES string of the molecule is O=[N+]([O-])c1ccc(F)[c-]c1F.[CH3-].[Zn+2]. The molecule has 0 N–H and O–H groups in total. The van der Waals surface area contributed by atoms with Crippen LogP contribution in [0.2, 0.25) is 0 Å². The Morgan fingerprint density at radius 3 is 2.31 bits per heavy atom. The van der Waals surface area contributed by atoms with Crippen molar-refractivity contribution in [2.24, 2.45) is 0 Å². The number of nitro benzene ring substituents is 1. The van der Waals surface area contributed by atoms with Crippen LogP contribution in [0, 0.1) is 35.2 Å².